The van der Waals surface area contributed by atoms with Crippen LogP contribution in [-0.2, 0) is 9.59 Å². The van der Waals surface area contributed by atoms with Gasteiger partial charge in [-0.25, -0.2) is 4.39 Å². The number of amides is 2. The van der Waals surface area contributed by atoms with E-state index in [4.69, 9.17) is 16.3 Å². The number of benzene rings is 1. The van der Waals surface area contributed by atoms with Gasteiger partial charge < -0.3 is 15.4 Å². The van der Waals surface area contributed by atoms with Gasteiger partial charge in [0.25, 0.3) is 5.91 Å². The minimum absolute atomic E-state index is 0.0198. The lowest BCUT2D eigenvalue weighted by Crippen LogP contribution is -2.65. The lowest BCUT2D eigenvalue weighted by Gasteiger charge is -2.49. The van der Waals surface area contributed by atoms with Crippen LogP contribution in [0.5, 0.6) is 5.75 Å². The molecule has 0 spiro atoms. The van der Waals surface area contributed by atoms with Crippen LogP contribution >= 0.6 is 11.6 Å². The summed E-state index contributed by atoms with van der Waals surface area (Å²) in [5.41, 5.74) is -0.464. The summed E-state index contributed by atoms with van der Waals surface area (Å²) in [6.45, 7) is 1.83. The Morgan fingerprint density at radius 3 is 2.23 bits per heavy atom. The first-order valence-electron chi connectivity index (χ1n) is 15.3. The SMILES string of the molecule is O=C(COc1ccc(Cl)c(F)c1)NC12CCC(NC(=O)C3CCCN(C4CCCCCCCCCC4)C3)(C1)C2. The van der Waals surface area contributed by atoms with E-state index in [0.29, 0.717) is 6.04 Å². The number of nitrogens with one attached hydrogen (secondary N) is 2. The molecule has 6 rings (SSSR count). The third-order valence-electron chi connectivity index (χ3n) is 9.65. The van der Waals surface area contributed by atoms with Gasteiger partial charge in [-0.15, -0.1) is 0 Å². The molecule has 8 heteroatoms. The van der Waals surface area contributed by atoms with Crippen LogP contribution in [0.4, 0.5) is 4.39 Å². The van der Waals surface area contributed by atoms with E-state index in [-0.39, 0.29) is 46.2 Å². The highest BCUT2D eigenvalue weighted by Crippen LogP contribution is 2.55. The number of rotatable bonds is 7. The van der Waals surface area contributed by atoms with Gasteiger partial charge in [-0.05, 0) is 70.0 Å². The van der Waals surface area contributed by atoms with Crippen molar-refractivity contribution in [1.29, 1.82) is 0 Å². The van der Waals surface area contributed by atoms with Crippen molar-refractivity contribution in [2.24, 2.45) is 5.92 Å². The quantitative estimate of drug-likeness (QED) is 0.419. The summed E-state index contributed by atoms with van der Waals surface area (Å²) < 4.78 is 19.1. The van der Waals surface area contributed by atoms with Gasteiger partial charge in [0.1, 0.15) is 11.6 Å². The number of likely N-dealkylation sites (tertiary alicyclic amines) is 1. The first kappa shape index (κ1) is 28.7. The Kier molecular flexibility index (Phi) is 9.38. The van der Waals surface area contributed by atoms with Crippen LogP contribution in [0.15, 0.2) is 18.2 Å². The molecular formula is C31H45ClFN3O3. The molecule has 4 aliphatic carbocycles. The fourth-order valence-corrected chi connectivity index (χ4v) is 7.79. The molecule has 0 aromatic heterocycles. The van der Waals surface area contributed by atoms with Gasteiger partial charge in [0.05, 0.1) is 10.9 Å². The van der Waals surface area contributed by atoms with Crippen molar-refractivity contribution in [2.45, 2.75) is 120 Å². The van der Waals surface area contributed by atoms with Gasteiger partial charge in [-0.2, -0.15) is 0 Å². The molecule has 1 atom stereocenters. The number of halogens is 2. The zero-order chi connectivity index (χ0) is 27.3. The van der Waals surface area contributed by atoms with E-state index < -0.39 is 5.82 Å². The summed E-state index contributed by atoms with van der Waals surface area (Å²) in [5.74, 6) is -0.267. The second-order valence-electron chi connectivity index (χ2n) is 12.7. The number of nitrogens with zero attached hydrogens (tertiary/aromatic N) is 1. The van der Waals surface area contributed by atoms with Crippen molar-refractivity contribution >= 4 is 23.4 Å². The number of hydrogen-bond donors (Lipinski definition) is 2. The van der Waals surface area contributed by atoms with Gasteiger partial charge in [-0.1, -0.05) is 63.0 Å². The third-order valence-corrected chi connectivity index (χ3v) is 9.96. The molecule has 1 unspecified atom stereocenters. The lowest BCUT2D eigenvalue weighted by molar-refractivity contribution is -0.131. The molecule has 4 saturated carbocycles. The molecule has 1 aliphatic heterocycles. The maximum absolute atomic E-state index is 13.6. The van der Waals surface area contributed by atoms with Crippen LogP contribution in [0, 0.1) is 11.7 Å². The summed E-state index contributed by atoms with van der Waals surface area (Å²) in [7, 11) is 0. The second kappa shape index (κ2) is 12.8. The molecule has 2 N–H and O–H groups in total. The van der Waals surface area contributed by atoms with Crippen molar-refractivity contribution in [3.8, 4) is 5.75 Å². The smallest absolute Gasteiger partial charge is 0.258 e. The van der Waals surface area contributed by atoms with Crippen molar-refractivity contribution in [1.82, 2.24) is 15.5 Å². The highest BCUT2D eigenvalue weighted by molar-refractivity contribution is 6.30. The molecular weight excluding hydrogens is 517 g/mol. The molecule has 216 valence electrons. The largest absolute Gasteiger partial charge is 0.484 e. The highest BCUT2D eigenvalue weighted by atomic mass is 35.5. The predicted octanol–water partition coefficient (Wildman–Crippen LogP) is 6.15. The maximum Gasteiger partial charge on any atom is 0.258 e. The molecule has 1 saturated heterocycles. The third kappa shape index (κ3) is 7.27. The van der Waals surface area contributed by atoms with E-state index in [1.807, 2.05) is 0 Å². The normalized spacial score (nSPS) is 30.6. The molecule has 1 heterocycles. The topological polar surface area (TPSA) is 70.7 Å². The van der Waals surface area contributed by atoms with E-state index in [9.17, 15) is 14.0 Å². The van der Waals surface area contributed by atoms with E-state index in [1.165, 1.54) is 76.3 Å². The average molecular weight is 562 g/mol. The number of piperidine rings is 1. The van der Waals surface area contributed by atoms with E-state index in [0.717, 1.165) is 51.6 Å². The number of fused-ring (bicyclic) bond motifs is 1. The van der Waals surface area contributed by atoms with Gasteiger partial charge in [0, 0.05) is 29.7 Å². The summed E-state index contributed by atoms with van der Waals surface area (Å²) in [4.78, 5) is 28.6. The van der Waals surface area contributed by atoms with Crippen molar-refractivity contribution in [3.63, 3.8) is 0 Å². The minimum atomic E-state index is -0.574. The highest BCUT2D eigenvalue weighted by Gasteiger charge is 2.62. The van der Waals surface area contributed by atoms with Gasteiger partial charge >= 0.3 is 0 Å². The Labute approximate surface area is 237 Å². The summed E-state index contributed by atoms with van der Waals surface area (Å²) in [6.07, 6.45) is 18.8. The van der Waals surface area contributed by atoms with Crippen LogP contribution in [-0.4, -0.2) is 53.5 Å². The Balaban J connectivity index is 1.08. The zero-order valence-corrected chi connectivity index (χ0v) is 24.0. The number of ether oxygens (including phenoxy) is 1. The van der Waals surface area contributed by atoms with Crippen molar-refractivity contribution in [3.05, 3.63) is 29.0 Å². The van der Waals surface area contributed by atoms with Gasteiger partial charge in [0.15, 0.2) is 6.61 Å². The molecule has 6 nitrogen and oxygen atoms in total. The molecule has 2 bridgehead atoms. The predicted molar refractivity (Wildman–Crippen MR) is 151 cm³/mol. The van der Waals surface area contributed by atoms with E-state index >= 15 is 0 Å². The molecule has 0 radical (unpaired) electrons. The second-order valence-corrected chi connectivity index (χ2v) is 13.1. The fraction of sp³-hybridized carbons (Fsp3) is 0.742. The molecule has 1 aromatic rings. The number of carbonyl (C=O) groups excluding carboxylic acids is 2. The standard InChI is InChI=1S/C31H45ClFN3O3/c32-26-14-13-25(18-27(26)33)39-20-28(37)34-30-15-16-31(21-30,22-30)35-29(38)23-10-9-17-36(19-23)24-11-7-5-3-1-2-4-6-8-12-24/h13-14,18,23-24H,1-12,15-17,19-22H2,(H,34,37)(H,35,38). The summed E-state index contributed by atoms with van der Waals surface area (Å²) in [5, 5.41) is 6.58. The molecule has 39 heavy (non-hydrogen) atoms. The van der Waals surface area contributed by atoms with Crippen LogP contribution in [0.25, 0.3) is 0 Å². The van der Waals surface area contributed by atoms with Crippen LogP contribution < -0.4 is 15.4 Å². The summed E-state index contributed by atoms with van der Waals surface area (Å²) in [6, 6.07) is 4.77. The van der Waals surface area contributed by atoms with Crippen molar-refractivity contribution in [2.75, 3.05) is 19.7 Å². The van der Waals surface area contributed by atoms with Gasteiger partial charge in [-0.3, -0.25) is 14.5 Å². The molecule has 5 aliphatic rings. The Morgan fingerprint density at radius 1 is 0.923 bits per heavy atom. The average Bonchev–Trinajstić information content (AvgIpc) is 3.41. The van der Waals surface area contributed by atoms with Crippen molar-refractivity contribution < 1.29 is 18.7 Å². The summed E-state index contributed by atoms with van der Waals surface area (Å²) >= 11 is 5.71. The molecule has 5 fully saturated rings. The maximum atomic E-state index is 13.6. The fourth-order valence-electron chi connectivity index (χ4n) is 7.67. The zero-order valence-electron chi connectivity index (χ0n) is 23.2. The Bertz CT molecular complexity index is 1000. The van der Waals surface area contributed by atoms with Crippen LogP contribution in [0.2, 0.25) is 5.02 Å². The molecule has 2 amide bonds. The van der Waals surface area contributed by atoms with Crippen LogP contribution in [0.1, 0.15) is 103 Å². The number of carbonyl (C=O) groups is 2. The molecule has 1 aromatic carbocycles. The van der Waals surface area contributed by atoms with Gasteiger partial charge in [0.2, 0.25) is 5.91 Å². The Hall–Kier alpha value is -1.86. The number of hydrogen-bond acceptors (Lipinski definition) is 4. The van der Waals surface area contributed by atoms with E-state index in [2.05, 4.69) is 15.5 Å². The Morgan fingerprint density at radius 2 is 1.56 bits per heavy atom. The van der Waals surface area contributed by atoms with Crippen LogP contribution in [0.3, 0.4) is 0 Å². The van der Waals surface area contributed by atoms with E-state index in [1.54, 1.807) is 6.07 Å². The first-order chi connectivity index (χ1) is 18.9. The monoisotopic (exact) mass is 561 g/mol. The lowest BCUT2D eigenvalue weighted by atomic mass is 9.70. The first-order valence-corrected chi connectivity index (χ1v) is 15.7. The minimum Gasteiger partial charge on any atom is -0.484 e.